The van der Waals surface area contributed by atoms with E-state index in [1.54, 1.807) is 12.1 Å². The quantitative estimate of drug-likeness (QED) is 0.520. The summed E-state index contributed by atoms with van der Waals surface area (Å²) in [6.07, 6.45) is 6.76. The van der Waals surface area contributed by atoms with E-state index in [-0.39, 0.29) is 11.5 Å². The van der Waals surface area contributed by atoms with Crippen molar-refractivity contribution in [3.8, 4) is 0 Å². The molecule has 1 aromatic heterocycles. The lowest BCUT2D eigenvalue weighted by Gasteiger charge is -2.22. The van der Waals surface area contributed by atoms with Crippen LogP contribution in [0.5, 0.6) is 0 Å². The lowest BCUT2D eigenvalue weighted by molar-refractivity contribution is 0.0600. The van der Waals surface area contributed by atoms with Crippen LogP contribution in [0.15, 0.2) is 35.1 Å². The summed E-state index contributed by atoms with van der Waals surface area (Å²) in [5.41, 5.74) is 3.89. The summed E-state index contributed by atoms with van der Waals surface area (Å²) in [5, 5.41) is 0.318. The van der Waals surface area contributed by atoms with Gasteiger partial charge in [-0.1, -0.05) is 44.0 Å². The molecule has 1 aromatic carbocycles. The number of likely N-dealkylation sites (tertiary alicyclic amines) is 1. The van der Waals surface area contributed by atoms with Gasteiger partial charge in [-0.25, -0.2) is 4.79 Å². The Labute approximate surface area is 196 Å². The van der Waals surface area contributed by atoms with Crippen molar-refractivity contribution >= 4 is 17.6 Å². The number of nitrogens with zero attached hydrogens (tertiary/aromatic N) is 2. The molecule has 2 aromatic rings. The molecule has 2 fully saturated rings. The molecule has 32 heavy (non-hydrogen) atoms. The molecule has 0 spiro atoms. The zero-order valence-electron chi connectivity index (χ0n) is 19.5. The molecule has 4 rings (SSSR count). The Balaban J connectivity index is 0.000000913. The maximum atomic E-state index is 12.9. The van der Waals surface area contributed by atoms with Gasteiger partial charge in [0.05, 0.1) is 12.7 Å². The first-order valence-corrected chi connectivity index (χ1v) is 12.2. The largest absolute Gasteiger partial charge is 0.465 e. The number of methoxy groups -OCH3 is 1. The average molecular weight is 459 g/mol. The normalized spacial score (nSPS) is 15.9. The van der Waals surface area contributed by atoms with Crippen LogP contribution in [-0.4, -0.2) is 35.6 Å². The van der Waals surface area contributed by atoms with E-state index in [1.807, 2.05) is 22.8 Å². The van der Waals surface area contributed by atoms with Crippen molar-refractivity contribution in [1.29, 1.82) is 0 Å². The van der Waals surface area contributed by atoms with E-state index in [4.69, 9.17) is 16.3 Å². The minimum atomic E-state index is -0.343. The van der Waals surface area contributed by atoms with Gasteiger partial charge in [-0.05, 0) is 80.4 Å². The van der Waals surface area contributed by atoms with E-state index in [1.165, 1.54) is 44.8 Å². The number of ether oxygens (including phenoxy) is 1. The standard InChI is InChI=1S/C23H27ClN2O3.C3H8/c1-29-23(28)18-6-4-16(5-7-18)10-13-26-21(15-25-11-2-3-12-25)19(17-8-9-17)14-20(24)22(26)27;1-3-2/h4-7,14,17H,2-3,8-13,15H2,1H3;3H2,1-2H3. The summed E-state index contributed by atoms with van der Waals surface area (Å²) >= 11 is 6.33. The van der Waals surface area contributed by atoms with Gasteiger partial charge in [0.2, 0.25) is 0 Å². The molecule has 2 heterocycles. The molecule has 174 valence electrons. The first-order chi connectivity index (χ1) is 15.5. The third-order valence-corrected chi connectivity index (χ3v) is 6.25. The highest BCUT2D eigenvalue weighted by Gasteiger charge is 2.30. The number of carbonyl (C=O) groups is 1. The van der Waals surface area contributed by atoms with E-state index in [0.717, 1.165) is 30.9 Å². The van der Waals surface area contributed by atoms with E-state index in [0.29, 0.717) is 29.5 Å². The van der Waals surface area contributed by atoms with Crippen LogP contribution in [-0.2, 0) is 24.2 Å². The molecule has 1 saturated heterocycles. The summed E-state index contributed by atoms with van der Waals surface area (Å²) in [7, 11) is 1.38. The fourth-order valence-electron chi connectivity index (χ4n) is 4.17. The fraction of sp³-hybridized carbons (Fsp3) is 0.538. The van der Waals surface area contributed by atoms with Gasteiger partial charge in [-0.15, -0.1) is 0 Å². The zero-order valence-corrected chi connectivity index (χ0v) is 20.3. The van der Waals surface area contributed by atoms with E-state index in [2.05, 4.69) is 18.7 Å². The van der Waals surface area contributed by atoms with Crippen LogP contribution in [0.2, 0.25) is 5.02 Å². The van der Waals surface area contributed by atoms with E-state index in [9.17, 15) is 9.59 Å². The highest BCUT2D eigenvalue weighted by atomic mass is 35.5. The van der Waals surface area contributed by atoms with E-state index >= 15 is 0 Å². The van der Waals surface area contributed by atoms with Gasteiger partial charge in [0.25, 0.3) is 5.56 Å². The highest BCUT2D eigenvalue weighted by molar-refractivity contribution is 6.30. The average Bonchev–Trinajstić information content (AvgIpc) is 3.52. The molecule has 0 radical (unpaired) electrons. The number of hydrogen-bond donors (Lipinski definition) is 0. The molecule has 1 aliphatic carbocycles. The molecule has 1 saturated carbocycles. The van der Waals surface area contributed by atoms with Crippen molar-refractivity contribution in [3.63, 3.8) is 0 Å². The number of aryl methyl sites for hydroxylation is 1. The van der Waals surface area contributed by atoms with Gasteiger partial charge in [-0.2, -0.15) is 0 Å². The lowest BCUT2D eigenvalue weighted by atomic mass is 10.1. The molecular weight excluding hydrogens is 424 g/mol. The summed E-state index contributed by atoms with van der Waals surface area (Å²) in [6, 6.07) is 9.29. The van der Waals surface area contributed by atoms with Crippen LogP contribution in [0, 0.1) is 0 Å². The van der Waals surface area contributed by atoms with Gasteiger partial charge < -0.3 is 9.30 Å². The minimum absolute atomic E-state index is 0.101. The van der Waals surface area contributed by atoms with Crippen LogP contribution in [0.4, 0.5) is 0 Å². The summed E-state index contributed by atoms with van der Waals surface area (Å²) in [4.78, 5) is 27.0. The Hall–Kier alpha value is -2.11. The van der Waals surface area contributed by atoms with Crippen LogP contribution in [0.1, 0.15) is 79.0 Å². The van der Waals surface area contributed by atoms with Gasteiger partial charge in [0.15, 0.2) is 0 Å². The SMILES string of the molecule is CCC.COC(=O)c1ccc(CCn2c(CN3CCCC3)c(C3CC3)cc(Cl)c2=O)cc1. The minimum Gasteiger partial charge on any atom is -0.465 e. The van der Waals surface area contributed by atoms with Gasteiger partial charge in [0.1, 0.15) is 5.02 Å². The number of benzene rings is 1. The van der Waals surface area contributed by atoms with Crippen molar-refractivity contribution < 1.29 is 9.53 Å². The fourth-order valence-corrected chi connectivity index (χ4v) is 4.39. The van der Waals surface area contributed by atoms with Crippen molar-refractivity contribution in [2.24, 2.45) is 0 Å². The molecule has 5 nitrogen and oxygen atoms in total. The van der Waals surface area contributed by atoms with Crippen molar-refractivity contribution in [1.82, 2.24) is 9.47 Å². The van der Waals surface area contributed by atoms with E-state index < -0.39 is 0 Å². The predicted octanol–water partition coefficient (Wildman–Crippen LogP) is 5.42. The molecule has 0 N–H and O–H groups in total. The maximum Gasteiger partial charge on any atom is 0.337 e. The lowest BCUT2D eigenvalue weighted by Crippen LogP contribution is -2.30. The Kier molecular flexibility index (Phi) is 8.94. The zero-order chi connectivity index (χ0) is 23.1. The van der Waals surface area contributed by atoms with Gasteiger partial charge in [-0.3, -0.25) is 9.69 Å². The van der Waals surface area contributed by atoms with Crippen molar-refractivity contribution in [2.75, 3.05) is 20.2 Å². The molecule has 0 unspecified atom stereocenters. The number of pyridine rings is 1. The smallest absolute Gasteiger partial charge is 0.337 e. The number of aromatic nitrogens is 1. The number of carbonyl (C=O) groups excluding carboxylic acids is 1. The Morgan fingerprint density at radius 1 is 1.12 bits per heavy atom. The summed E-state index contributed by atoms with van der Waals surface area (Å²) in [6.45, 7) is 7.84. The predicted molar refractivity (Wildman–Crippen MR) is 130 cm³/mol. The monoisotopic (exact) mass is 458 g/mol. The molecule has 6 heteroatoms. The molecule has 0 bridgehead atoms. The van der Waals surface area contributed by atoms with Crippen molar-refractivity contribution in [2.45, 2.75) is 71.4 Å². The summed E-state index contributed by atoms with van der Waals surface area (Å²) < 4.78 is 6.64. The second kappa shape index (κ2) is 11.7. The molecule has 0 atom stereocenters. The van der Waals surface area contributed by atoms with Crippen LogP contribution in [0.25, 0.3) is 0 Å². The number of hydrogen-bond acceptors (Lipinski definition) is 4. The van der Waals surface area contributed by atoms with Crippen LogP contribution >= 0.6 is 11.6 Å². The third kappa shape index (κ3) is 6.23. The maximum absolute atomic E-state index is 12.9. The second-order valence-corrected chi connectivity index (χ2v) is 9.16. The third-order valence-electron chi connectivity index (χ3n) is 5.98. The van der Waals surface area contributed by atoms with Crippen LogP contribution in [0.3, 0.4) is 0 Å². The molecule has 2 aliphatic rings. The second-order valence-electron chi connectivity index (χ2n) is 8.75. The van der Waals surface area contributed by atoms with Crippen molar-refractivity contribution in [3.05, 3.63) is 68.1 Å². The molecule has 1 aliphatic heterocycles. The Morgan fingerprint density at radius 3 is 2.31 bits per heavy atom. The van der Waals surface area contributed by atoms with Gasteiger partial charge in [0, 0.05) is 18.8 Å². The Bertz CT molecular complexity index is 958. The number of rotatable bonds is 7. The molecule has 0 amide bonds. The van der Waals surface area contributed by atoms with Gasteiger partial charge >= 0.3 is 5.97 Å². The highest BCUT2D eigenvalue weighted by Crippen LogP contribution is 2.42. The first kappa shape index (κ1) is 24.5. The number of esters is 1. The first-order valence-electron chi connectivity index (χ1n) is 11.8. The Morgan fingerprint density at radius 2 is 1.75 bits per heavy atom. The topological polar surface area (TPSA) is 51.5 Å². The molecular formula is C26H35ClN2O3. The number of halogens is 1. The van der Waals surface area contributed by atoms with Crippen LogP contribution < -0.4 is 5.56 Å². The summed E-state index contributed by atoms with van der Waals surface area (Å²) in [5.74, 6) is 0.195.